The lowest BCUT2D eigenvalue weighted by Crippen LogP contribution is -2.22. The molecular formula is C17H24N4. The number of rotatable bonds is 7. The zero-order valence-corrected chi connectivity index (χ0v) is 12.5. The molecule has 3 rings (SSSR count). The van der Waals surface area contributed by atoms with Crippen LogP contribution in [0.25, 0.3) is 0 Å². The summed E-state index contributed by atoms with van der Waals surface area (Å²) in [5, 5.41) is 7.78. The molecule has 0 amide bonds. The number of anilines is 1. The summed E-state index contributed by atoms with van der Waals surface area (Å²) in [5.74, 6) is 0. The Hall–Kier alpha value is -1.81. The lowest BCUT2D eigenvalue weighted by molar-refractivity contribution is 0.543. The fraction of sp³-hybridized carbons (Fsp3) is 0.471. The maximum atomic E-state index is 4.22. The highest BCUT2D eigenvalue weighted by atomic mass is 15.3. The van der Waals surface area contributed by atoms with Gasteiger partial charge in [-0.3, -0.25) is 4.68 Å². The number of hydrogen-bond acceptors (Lipinski definition) is 3. The highest BCUT2D eigenvalue weighted by Gasteiger charge is 2.14. The van der Waals surface area contributed by atoms with E-state index < -0.39 is 0 Å². The number of para-hydroxylation sites is 1. The van der Waals surface area contributed by atoms with Gasteiger partial charge in [0.2, 0.25) is 0 Å². The molecule has 1 fully saturated rings. The summed E-state index contributed by atoms with van der Waals surface area (Å²) >= 11 is 0. The third-order valence-electron chi connectivity index (χ3n) is 4.05. The first-order valence-corrected chi connectivity index (χ1v) is 7.94. The molecule has 0 unspecified atom stereocenters. The molecule has 21 heavy (non-hydrogen) atoms. The Balaban J connectivity index is 1.46. The van der Waals surface area contributed by atoms with Crippen LogP contribution in [0.3, 0.4) is 0 Å². The van der Waals surface area contributed by atoms with Gasteiger partial charge in [-0.25, -0.2) is 0 Å². The molecule has 0 aliphatic carbocycles. The van der Waals surface area contributed by atoms with Gasteiger partial charge in [-0.15, -0.1) is 0 Å². The summed E-state index contributed by atoms with van der Waals surface area (Å²) in [7, 11) is 0. The van der Waals surface area contributed by atoms with Crippen LogP contribution < -0.4 is 10.2 Å². The number of benzene rings is 1. The molecule has 1 aromatic carbocycles. The second-order valence-electron chi connectivity index (χ2n) is 5.62. The molecule has 1 aromatic heterocycles. The predicted octanol–water partition coefficient (Wildman–Crippen LogP) is 2.66. The van der Waals surface area contributed by atoms with Crippen LogP contribution in [0.4, 0.5) is 5.69 Å². The summed E-state index contributed by atoms with van der Waals surface area (Å²) in [6.07, 6.45) is 7.60. The van der Waals surface area contributed by atoms with Crippen LogP contribution >= 0.6 is 0 Å². The van der Waals surface area contributed by atoms with Gasteiger partial charge < -0.3 is 10.2 Å². The summed E-state index contributed by atoms with van der Waals surface area (Å²) in [4.78, 5) is 2.51. The Morgan fingerprint density at radius 2 is 1.95 bits per heavy atom. The minimum Gasteiger partial charge on any atom is -0.371 e. The maximum Gasteiger partial charge on any atom is 0.0489 e. The first-order valence-electron chi connectivity index (χ1n) is 7.94. The molecule has 0 radical (unpaired) electrons. The fourth-order valence-electron chi connectivity index (χ4n) is 2.95. The van der Waals surface area contributed by atoms with Crippen molar-refractivity contribution in [3.8, 4) is 0 Å². The SMILES string of the molecule is c1ccc(N2CCCC2)c(CNCCCn2cccn2)c1. The van der Waals surface area contributed by atoms with Crippen molar-refractivity contribution in [2.75, 3.05) is 24.5 Å². The molecule has 1 aliphatic rings. The van der Waals surface area contributed by atoms with Crippen molar-refractivity contribution >= 4 is 5.69 Å². The third kappa shape index (κ3) is 3.85. The lowest BCUT2D eigenvalue weighted by atomic mass is 10.1. The lowest BCUT2D eigenvalue weighted by Gasteiger charge is -2.21. The van der Waals surface area contributed by atoms with E-state index in [4.69, 9.17) is 0 Å². The molecule has 1 saturated heterocycles. The van der Waals surface area contributed by atoms with Gasteiger partial charge in [-0.1, -0.05) is 18.2 Å². The number of aryl methyl sites for hydroxylation is 1. The van der Waals surface area contributed by atoms with Crippen molar-refractivity contribution in [3.63, 3.8) is 0 Å². The monoisotopic (exact) mass is 284 g/mol. The van der Waals surface area contributed by atoms with E-state index in [9.17, 15) is 0 Å². The highest BCUT2D eigenvalue weighted by molar-refractivity contribution is 5.54. The van der Waals surface area contributed by atoms with Crippen LogP contribution in [0.5, 0.6) is 0 Å². The van der Waals surface area contributed by atoms with Crippen molar-refractivity contribution in [1.29, 1.82) is 0 Å². The molecule has 0 atom stereocenters. The van der Waals surface area contributed by atoms with Gasteiger partial charge in [0.05, 0.1) is 0 Å². The van der Waals surface area contributed by atoms with Crippen LogP contribution in [0.15, 0.2) is 42.7 Å². The van der Waals surface area contributed by atoms with Gasteiger partial charge in [0, 0.05) is 44.3 Å². The minimum atomic E-state index is 0.950. The van der Waals surface area contributed by atoms with Gasteiger partial charge >= 0.3 is 0 Å². The molecule has 2 aromatic rings. The molecular weight excluding hydrogens is 260 g/mol. The van der Waals surface area contributed by atoms with Crippen LogP contribution in [0, 0.1) is 0 Å². The highest BCUT2D eigenvalue weighted by Crippen LogP contribution is 2.24. The summed E-state index contributed by atoms with van der Waals surface area (Å²) in [6, 6.07) is 10.8. The molecule has 1 N–H and O–H groups in total. The van der Waals surface area contributed by atoms with E-state index in [0.717, 1.165) is 26.1 Å². The van der Waals surface area contributed by atoms with Crippen LogP contribution in [-0.2, 0) is 13.1 Å². The summed E-state index contributed by atoms with van der Waals surface area (Å²) in [6.45, 7) is 5.36. The van der Waals surface area contributed by atoms with Crippen molar-refractivity contribution < 1.29 is 0 Å². The fourth-order valence-corrected chi connectivity index (χ4v) is 2.95. The summed E-state index contributed by atoms with van der Waals surface area (Å²) in [5.41, 5.74) is 2.83. The minimum absolute atomic E-state index is 0.950. The van der Waals surface area contributed by atoms with Crippen molar-refractivity contribution in [2.24, 2.45) is 0 Å². The van der Waals surface area contributed by atoms with Crippen LogP contribution in [0.2, 0.25) is 0 Å². The Bertz CT molecular complexity index is 529. The smallest absolute Gasteiger partial charge is 0.0489 e. The standard InChI is InChI=1S/C17H24N4/c1-2-8-17(20-11-3-4-12-20)16(7-1)15-18-9-5-13-21-14-6-10-19-21/h1-2,6-8,10,14,18H,3-5,9,11-13,15H2. The topological polar surface area (TPSA) is 33.1 Å². The molecule has 4 heteroatoms. The van der Waals surface area contributed by atoms with Crippen molar-refractivity contribution in [2.45, 2.75) is 32.4 Å². The number of nitrogens with zero attached hydrogens (tertiary/aromatic N) is 3. The first-order chi connectivity index (χ1) is 10.4. The second kappa shape index (κ2) is 7.27. The van der Waals surface area contributed by atoms with E-state index in [1.807, 2.05) is 23.1 Å². The second-order valence-corrected chi connectivity index (χ2v) is 5.62. The molecule has 2 heterocycles. The predicted molar refractivity (Wildman–Crippen MR) is 86.4 cm³/mol. The number of nitrogens with one attached hydrogen (secondary N) is 1. The van der Waals surface area contributed by atoms with Gasteiger partial charge in [0.15, 0.2) is 0 Å². The van der Waals surface area contributed by atoms with E-state index in [0.29, 0.717) is 0 Å². The largest absolute Gasteiger partial charge is 0.371 e. The van der Waals surface area contributed by atoms with Gasteiger partial charge in [-0.2, -0.15) is 5.10 Å². The van der Waals surface area contributed by atoms with E-state index in [2.05, 4.69) is 39.6 Å². The van der Waals surface area contributed by atoms with E-state index in [1.54, 1.807) is 0 Å². The molecule has 112 valence electrons. The zero-order valence-electron chi connectivity index (χ0n) is 12.5. The molecule has 0 spiro atoms. The molecule has 0 bridgehead atoms. The first kappa shape index (κ1) is 14.1. The maximum absolute atomic E-state index is 4.22. The average molecular weight is 284 g/mol. The van der Waals surface area contributed by atoms with Crippen LogP contribution in [0.1, 0.15) is 24.8 Å². The third-order valence-corrected chi connectivity index (χ3v) is 4.05. The zero-order chi connectivity index (χ0) is 14.3. The van der Waals surface area contributed by atoms with E-state index in [1.165, 1.54) is 37.2 Å². The molecule has 4 nitrogen and oxygen atoms in total. The Morgan fingerprint density at radius 3 is 2.76 bits per heavy atom. The molecule has 1 aliphatic heterocycles. The normalized spacial score (nSPS) is 14.8. The van der Waals surface area contributed by atoms with Gasteiger partial charge in [0.1, 0.15) is 0 Å². The average Bonchev–Trinajstić information content (AvgIpc) is 3.21. The number of aromatic nitrogens is 2. The summed E-state index contributed by atoms with van der Waals surface area (Å²) < 4.78 is 1.99. The van der Waals surface area contributed by atoms with Crippen molar-refractivity contribution in [3.05, 3.63) is 48.3 Å². The van der Waals surface area contributed by atoms with Gasteiger partial charge in [-0.05, 0) is 43.5 Å². The van der Waals surface area contributed by atoms with Crippen molar-refractivity contribution in [1.82, 2.24) is 15.1 Å². The van der Waals surface area contributed by atoms with E-state index in [-0.39, 0.29) is 0 Å². The quantitative estimate of drug-likeness (QED) is 0.794. The van der Waals surface area contributed by atoms with Gasteiger partial charge in [0.25, 0.3) is 0 Å². The van der Waals surface area contributed by atoms with Crippen LogP contribution in [-0.4, -0.2) is 29.4 Å². The number of hydrogen-bond donors (Lipinski definition) is 1. The Morgan fingerprint density at radius 1 is 1.10 bits per heavy atom. The molecule has 0 saturated carbocycles. The van der Waals surface area contributed by atoms with E-state index >= 15 is 0 Å². The Kier molecular flexibility index (Phi) is 4.90. The Labute approximate surface area is 126 Å².